The third-order valence-corrected chi connectivity index (χ3v) is 3.22. The number of ether oxygens (including phenoxy) is 1. The lowest BCUT2D eigenvalue weighted by atomic mass is 10.1. The van der Waals surface area contributed by atoms with E-state index in [1.807, 2.05) is 0 Å². The number of fused-ring (bicyclic) bond motifs is 1. The third kappa shape index (κ3) is 1.90. The Morgan fingerprint density at radius 3 is 3.05 bits per heavy atom. The fourth-order valence-electron chi connectivity index (χ4n) is 2.25. The summed E-state index contributed by atoms with van der Waals surface area (Å²) in [6.07, 6.45) is 0.602. The topological polar surface area (TPSA) is 96.2 Å². The molecule has 0 atom stereocenters. The first-order valence-corrected chi connectivity index (χ1v) is 5.96. The van der Waals surface area contributed by atoms with E-state index in [9.17, 15) is 14.5 Å². The fraction of sp³-hybridized carbons (Fsp3) is 0.250. The molecule has 3 rings (SSSR count). The number of hydrogen-bond donors (Lipinski definition) is 1. The first kappa shape index (κ1) is 12.5. The molecule has 1 aliphatic heterocycles. The highest BCUT2D eigenvalue weighted by atomic mass is 19.1. The Balaban J connectivity index is 2.14. The summed E-state index contributed by atoms with van der Waals surface area (Å²) < 4.78 is 20.2. The summed E-state index contributed by atoms with van der Waals surface area (Å²) in [5, 5.41) is 15.0. The van der Waals surface area contributed by atoms with E-state index in [2.05, 4.69) is 5.10 Å². The van der Waals surface area contributed by atoms with Crippen molar-refractivity contribution in [1.29, 1.82) is 0 Å². The van der Waals surface area contributed by atoms with Gasteiger partial charge in [0.05, 0.1) is 29.5 Å². The predicted octanol–water partition coefficient (Wildman–Crippen LogP) is 1.57. The van der Waals surface area contributed by atoms with Gasteiger partial charge in [0.15, 0.2) is 5.82 Å². The van der Waals surface area contributed by atoms with Gasteiger partial charge in [-0.1, -0.05) is 0 Å². The molecule has 0 fully saturated rings. The molecule has 0 spiro atoms. The quantitative estimate of drug-likeness (QED) is 0.664. The van der Waals surface area contributed by atoms with Gasteiger partial charge in [-0.25, -0.2) is 4.68 Å². The van der Waals surface area contributed by atoms with Crippen LogP contribution in [0.3, 0.4) is 0 Å². The van der Waals surface area contributed by atoms with E-state index < -0.39 is 16.4 Å². The molecule has 1 aromatic heterocycles. The molecule has 7 nitrogen and oxygen atoms in total. The lowest BCUT2D eigenvalue weighted by Gasteiger charge is -2.14. The molecule has 0 unspecified atom stereocenters. The molecule has 1 aliphatic rings. The van der Waals surface area contributed by atoms with Crippen LogP contribution in [-0.4, -0.2) is 21.3 Å². The Morgan fingerprint density at radius 1 is 1.50 bits per heavy atom. The van der Waals surface area contributed by atoms with Crippen molar-refractivity contribution in [3.8, 4) is 5.69 Å². The molecule has 0 saturated heterocycles. The van der Waals surface area contributed by atoms with Crippen LogP contribution in [0.1, 0.15) is 11.3 Å². The summed E-state index contributed by atoms with van der Waals surface area (Å²) in [6, 6.07) is 3.64. The summed E-state index contributed by atoms with van der Waals surface area (Å²) in [5.74, 6) is -0.553. The summed E-state index contributed by atoms with van der Waals surface area (Å²) >= 11 is 0. The molecule has 0 bridgehead atoms. The normalized spacial score (nSPS) is 14.1. The summed E-state index contributed by atoms with van der Waals surface area (Å²) in [7, 11) is 0. The number of anilines is 1. The molecule has 2 aromatic rings. The van der Waals surface area contributed by atoms with Crippen LogP contribution in [0, 0.1) is 15.9 Å². The number of benzene rings is 1. The van der Waals surface area contributed by atoms with Crippen LogP contribution < -0.4 is 5.73 Å². The standard InChI is InChI=1S/C12H11FN4O3/c13-9-2-1-7(5-11(9)17(18)19)16-10-3-4-20-6-8(10)12(14)15-16/h1-2,5H,3-4,6H2,(H2,14,15). The van der Waals surface area contributed by atoms with E-state index in [1.54, 1.807) is 0 Å². The maximum atomic E-state index is 13.4. The number of nitrogen functional groups attached to an aromatic ring is 1. The Labute approximate surface area is 112 Å². The minimum Gasteiger partial charge on any atom is -0.382 e. The maximum absolute atomic E-state index is 13.4. The Bertz CT molecular complexity index is 698. The lowest BCUT2D eigenvalue weighted by molar-refractivity contribution is -0.387. The van der Waals surface area contributed by atoms with E-state index >= 15 is 0 Å². The highest BCUT2D eigenvalue weighted by Crippen LogP contribution is 2.27. The fourth-order valence-corrected chi connectivity index (χ4v) is 2.25. The number of nitro groups is 1. The molecule has 20 heavy (non-hydrogen) atoms. The zero-order valence-electron chi connectivity index (χ0n) is 10.4. The number of hydrogen-bond acceptors (Lipinski definition) is 5. The van der Waals surface area contributed by atoms with Crippen molar-refractivity contribution < 1.29 is 14.1 Å². The number of halogens is 1. The molecular weight excluding hydrogens is 267 g/mol. The second-order valence-corrected chi connectivity index (χ2v) is 4.42. The number of rotatable bonds is 2. The number of aromatic nitrogens is 2. The predicted molar refractivity (Wildman–Crippen MR) is 67.9 cm³/mol. The van der Waals surface area contributed by atoms with Crippen LogP contribution in [0.25, 0.3) is 5.69 Å². The molecule has 0 amide bonds. The molecule has 104 valence electrons. The third-order valence-electron chi connectivity index (χ3n) is 3.22. The van der Waals surface area contributed by atoms with Gasteiger partial charge in [0.1, 0.15) is 0 Å². The Kier molecular flexibility index (Phi) is 2.87. The Morgan fingerprint density at radius 2 is 2.30 bits per heavy atom. The SMILES string of the molecule is Nc1nn(-c2ccc(F)c([N+](=O)[O-])c2)c2c1COCC2. The van der Waals surface area contributed by atoms with Crippen molar-refractivity contribution in [2.45, 2.75) is 13.0 Å². The van der Waals surface area contributed by atoms with Crippen LogP contribution in [0.2, 0.25) is 0 Å². The van der Waals surface area contributed by atoms with Gasteiger partial charge in [0.25, 0.3) is 0 Å². The van der Waals surface area contributed by atoms with Crippen LogP contribution >= 0.6 is 0 Å². The van der Waals surface area contributed by atoms with Gasteiger partial charge in [0, 0.05) is 18.1 Å². The van der Waals surface area contributed by atoms with Crippen LogP contribution in [0.4, 0.5) is 15.9 Å². The van der Waals surface area contributed by atoms with Crippen LogP contribution in [0.15, 0.2) is 18.2 Å². The van der Waals surface area contributed by atoms with Crippen molar-refractivity contribution in [1.82, 2.24) is 9.78 Å². The molecule has 0 radical (unpaired) electrons. The molecule has 8 heteroatoms. The minimum absolute atomic E-state index is 0.326. The van der Waals surface area contributed by atoms with Crippen molar-refractivity contribution in [3.63, 3.8) is 0 Å². The first-order chi connectivity index (χ1) is 9.58. The van der Waals surface area contributed by atoms with Crippen molar-refractivity contribution in [2.75, 3.05) is 12.3 Å². The van der Waals surface area contributed by atoms with Crippen molar-refractivity contribution >= 4 is 11.5 Å². The summed E-state index contributed by atoms with van der Waals surface area (Å²) in [6.45, 7) is 0.895. The second kappa shape index (κ2) is 4.57. The van der Waals surface area contributed by atoms with E-state index in [0.717, 1.165) is 23.4 Å². The van der Waals surface area contributed by atoms with E-state index in [4.69, 9.17) is 10.5 Å². The largest absolute Gasteiger partial charge is 0.382 e. The average molecular weight is 278 g/mol. The van der Waals surface area contributed by atoms with Crippen LogP contribution in [0.5, 0.6) is 0 Å². The molecule has 0 saturated carbocycles. The summed E-state index contributed by atoms with van der Waals surface area (Å²) in [4.78, 5) is 10.0. The molecule has 1 aromatic carbocycles. The Hall–Kier alpha value is -2.48. The number of nitrogens with zero attached hydrogens (tertiary/aromatic N) is 3. The summed E-state index contributed by atoms with van der Waals surface area (Å²) in [5.41, 5.74) is 7.25. The van der Waals surface area contributed by atoms with Gasteiger partial charge in [0.2, 0.25) is 5.82 Å². The zero-order valence-corrected chi connectivity index (χ0v) is 10.4. The smallest absolute Gasteiger partial charge is 0.306 e. The highest BCUT2D eigenvalue weighted by Gasteiger charge is 2.22. The van der Waals surface area contributed by atoms with E-state index in [0.29, 0.717) is 31.1 Å². The van der Waals surface area contributed by atoms with Gasteiger partial charge in [-0.3, -0.25) is 10.1 Å². The molecule has 2 heterocycles. The first-order valence-electron chi connectivity index (χ1n) is 5.96. The molecular formula is C12H11FN4O3. The molecule has 0 aliphatic carbocycles. The maximum Gasteiger partial charge on any atom is 0.306 e. The highest BCUT2D eigenvalue weighted by molar-refractivity contribution is 5.50. The number of nitrogens with two attached hydrogens (primary N) is 1. The van der Waals surface area contributed by atoms with Gasteiger partial charge in [-0.15, -0.1) is 0 Å². The van der Waals surface area contributed by atoms with E-state index in [-0.39, 0.29) is 0 Å². The average Bonchev–Trinajstić information content (AvgIpc) is 2.77. The van der Waals surface area contributed by atoms with Crippen molar-refractivity contribution in [2.24, 2.45) is 0 Å². The van der Waals surface area contributed by atoms with Gasteiger partial charge < -0.3 is 10.5 Å². The lowest BCUT2D eigenvalue weighted by Crippen LogP contribution is -2.13. The van der Waals surface area contributed by atoms with Gasteiger partial charge in [-0.05, 0) is 12.1 Å². The monoisotopic (exact) mass is 278 g/mol. The minimum atomic E-state index is -0.879. The van der Waals surface area contributed by atoms with Gasteiger partial charge >= 0.3 is 5.69 Å². The molecule has 2 N–H and O–H groups in total. The number of nitro benzene ring substituents is 1. The second-order valence-electron chi connectivity index (χ2n) is 4.42. The van der Waals surface area contributed by atoms with E-state index in [1.165, 1.54) is 10.7 Å². The zero-order chi connectivity index (χ0) is 14.3. The van der Waals surface area contributed by atoms with Crippen LogP contribution in [-0.2, 0) is 17.8 Å². The van der Waals surface area contributed by atoms with Crippen molar-refractivity contribution in [3.05, 3.63) is 45.4 Å². The van der Waals surface area contributed by atoms with Gasteiger partial charge in [-0.2, -0.15) is 9.49 Å².